The van der Waals surface area contributed by atoms with Crippen molar-refractivity contribution in [1.29, 1.82) is 10.5 Å². The molecule has 0 bridgehead atoms. The zero-order valence-electron chi connectivity index (χ0n) is 13.5. The molecule has 0 radical (unpaired) electrons. The molecule has 0 heterocycles. The van der Waals surface area contributed by atoms with E-state index in [0.29, 0.717) is 0 Å². The predicted octanol–water partition coefficient (Wildman–Crippen LogP) is 0.497. The fourth-order valence-electron chi connectivity index (χ4n) is 1.37. The summed E-state index contributed by atoms with van der Waals surface area (Å²) in [6.45, 7) is 0. The van der Waals surface area contributed by atoms with Gasteiger partial charge < -0.3 is 19.6 Å². The van der Waals surface area contributed by atoms with Crippen LogP contribution in [0.1, 0.15) is 0 Å². The molecular formula is C16H12N3O6-. The first-order valence-corrected chi connectivity index (χ1v) is 6.35. The SMILES string of the molecule is COC(=O)C(=C=[N-])C=C(/C=C(/C#N)C(=O)OC)/C=C(\C#N)C(=O)OC. The van der Waals surface area contributed by atoms with Crippen molar-refractivity contribution in [2.75, 3.05) is 21.3 Å². The monoisotopic (exact) mass is 342 g/mol. The average molecular weight is 342 g/mol. The predicted molar refractivity (Wildman–Crippen MR) is 83.4 cm³/mol. The van der Waals surface area contributed by atoms with E-state index in [0.717, 1.165) is 39.6 Å². The van der Waals surface area contributed by atoms with Crippen LogP contribution in [0.25, 0.3) is 5.41 Å². The van der Waals surface area contributed by atoms with Gasteiger partial charge in [-0.3, -0.25) is 5.87 Å². The molecule has 0 saturated heterocycles. The summed E-state index contributed by atoms with van der Waals surface area (Å²) < 4.78 is 13.2. The van der Waals surface area contributed by atoms with Crippen molar-refractivity contribution in [3.05, 3.63) is 45.9 Å². The number of hydrogen-bond donors (Lipinski definition) is 0. The molecule has 0 amide bonds. The first-order chi connectivity index (χ1) is 11.9. The zero-order chi connectivity index (χ0) is 19.4. The molecule has 0 aromatic carbocycles. The number of rotatable bonds is 6. The van der Waals surface area contributed by atoms with Gasteiger partial charge in [0.25, 0.3) is 0 Å². The number of nitrogens with zero attached hydrogens (tertiary/aromatic N) is 3. The molecule has 0 aliphatic carbocycles. The van der Waals surface area contributed by atoms with Crippen LogP contribution in [0.3, 0.4) is 0 Å². The van der Waals surface area contributed by atoms with Crippen molar-refractivity contribution in [3.8, 4) is 12.1 Å². The summed E-state index contributed by atoms with van der Waals surface area (Å²) in [5.74, 6) is -1.41. The lowest BCUT2D eigenvalue weighted by molar-refractivity contribution is -0.136. The Morgan fingerprint density at radius 2 is 1.20 bits per heavy atom. The van der Waals surface area contributed by atoms with Gasteiger partial charge in [0, 0.05) is 0 Å². The quantitative estimate of drug-likeness (QED) is 0.169. The number of carbonyl (C=O) groups excluding carboxylic acids is 3. The van der Waals surface area contributed by atoms with Gasteiger partial charge in [-0.05, 0) is 23.8 Å². The molecule has 0 aliphatic rings. The van der Waals surface area contributed by atoms with Crippen molar-refractivity contribution in [3.63, 3.8) is 0 Å². The van der Waals surface area contributed by atoms with E-state index in [4.69, 9.17) is 15.9 Å². The van der Waals surface area contributed by atoms with Crippen molar-refractivity contribution >= 4 is 23.8 Å². The van der Waals surface area contributed by atoms with Crippen molar-refractivity contribution in [1.82, 2.24) is 0 Å². The molecule has 0 atom stereocenters. The van der Waals surface area contributed by atoms with Crippen molar-refractivity contribution < 1.29 is 28.6 Å². The van der Waals surface area contributed by atoms with Gasteiger partial charge in [0.05, 0.1) is 26.9 Å². The van der Waals surface area contributed by atoms with Crippen LogP contribution in [-0.2, 0) is 28.6 Å². The van der Waals surface area contributed by atoms with E-state index < -0.39 is 34.6 Å². The van der Waals surface area contributed by atoms with Gasteiger partial charge in [-0.15, -0.1) is 0 Å². The Kier molecular flexibility index (Phi) is 9.04. The fourth-order valence-corrected chi connectivity index (χ4v) is 1.37. The molecular weight excluding hydrogens is 330 g/mol. The number of esters is 3. The number of ether oxygens (including phenoxy) is 3. The molecule has 0 spiro atoms. The van der Waals surface area contributed by atoms with Gasteiger partial charge in [-0.2, -0.15) is 10.5 Å². The summed E-state index contributed by atoms with van der Waals surface area (Å²) in [4.78, 5) is 34.5. The third kappa shape index (κ3) is 6.37. The minimum atomic E-state index is -0.991. The van der Waals surface area contributed by atoms with Gasteiger partial charge in [-0.25, -0.2) is 14.4 Å². The summed E-state index contributed by atoms with van der Waals surface area (Å²) in [6.07, 6.45) is 2.81. The number of nitriles is 2. The first kappa shape index (κ1) is 21.1. The number of carbonyl (C=O) groups is 3. The molecule has 0 unspecified atom stereocenters. The van der Waals surface area contributed by atoms with Gasteiger partial charge in [0.2, 0.25) is 0 Å². The highest BCUT2D eigenvalue weighted by molar-refractivity contribution is 6.02. The Labute approximate surface area is 143 Å². The Bertz CT molecular complexity index is 753. The molecule has 0 saturated carbocycles. The maximum Gasteiger partial charge on any atom is 0.348 e. The lowest BCUT2D eigenvalue weighted by Gasteiger charge is -2.03. The van der Waals surface area contributed by atoms with Crippen LogP contribution >= 0.6 is 0 Å². The summed E-state index contributed by atoms with van der Waals surface area (Å²) in [5.41, 5.74) is -1.62. The molecule has 128 valence electrons. The van der Waals surface area contributed by atoms with E-state index in [-0.39, 0.29) is 5.57 Å². The largest absolute Gasteiger partial charge is 0.763 e. The van der Waals surface area contributed by atoms with Crippen LogP contribution in [0.4, 0.5) is 0 Å². The minimum Gasteiger partial charge on any atom is -0.763 e. The van der Waals surface area contributed by atoms with E-state index in [1.165, 1.54) is 0 Å². The molecule has 0 rings (SSSR count). The minimum absolute atomic E-state index is 0.147. The lowest BCUT2D eigenvalue weighted by atomic mass is 10.1. The van der Waals surface area contributed by atoms with E-state index in [2.05, 4.69) is 14.2 Å². The first-order valence-electron chi connectivity index (χ1n) is 6.35. The normalized spacial score (nSPS) is 11.3. The van der Waals surface area contributed by atoms with E-state index >= 15 is 0 Å². The average Bonchev–Trinajstić information content (AvgIpc) is 2.65. The molecule has 9 nitrogen and oxygen atoms in total. The number of allylic oxidation sites excluding steroid dienone is 3. The second-order valence-corrected chi connectivity index (χ2v) is 3.98. The maximum absolute atomic E-state index is 11.5. The summed E-state index contributed by atoms with van der Waals surface area (Å²) >= 11 is 0. The summed E-state index contributed by atoms with van der Waals surface area (Å²) in [7, 11) is 3.13. The molecule has 0 aromatic heterocycles. The number of methoxy groups -OCH3 is 3. The Morgan fingerprint density at radius 3 is 1.48 bits per heavy atom. The molecule has 0 N–H and O–H groups in total. The lowest BCUT2D eigenvalue weighted by Crippen LogP contribution is -2.06. The van der Waals surface area contributed by atoms with Crippen LogP contribution in [0, 0.1) is 22.7 Å². The van der Waals surface area contributed by atoms with Crippen LogP contribution in [0.2, 0.25) is 0 Å². The third-order valence-corrected chi connectivity index (χ3v) is 2.51. The van der Waals surface area contributed by atoms with Gasteiger partial charge >= 0.3 is 17.9 Å². The van der Waals surface area contributed by atoms with Gasteiger partial charge in [-0.1, -0.05) is 0 Å². The maximum atomic E-state index is 11.5. The Balaban J connectivity index is 6.45. The smallest absolute Gasteiger partial charge is 0.348 e. The van der Waals surface area contributed by atoms with Crippen LogP contribution < -0.4 is 0 Å². The topological polar surface area (TPSA) is 149 Å². The van der Waals surface area contributed by atoms with E-state index in [9.17, 15) is 14.4 Å². The van der Waals surface area contributed by atoms with Crippen molar-refractivity contribution in [2.24, 2.45) is 0 Å². The molecule has 25 heavy (non-hydrogen) atoms. The van der Waals surface area contributed by atoms with Gasteiger partial charge in [0.1, 0.15) is 23.3 Å². The molecule has 9 heteroatoms. The standard InChI is InChI=1S/C16H12N3O6/c1-23-14(20)11(7-17)4-10(5-12(8-18)15(21)24-2)6-13(9-19)16(22)25-3/h4-6H,1-3H3/q-1/b10-4?,12-5-,13-6+. The summed E-state index contributed by atoms with van der Waals surface area (Å²) in [5, 5.41) is 26.9. The van der Waals surface area contributed by atoms with Crippen LogP contribution in [-0.4, -0.2) is 45.1 Å². The van der Waals surface area contributed by atoms with Crippen LogP contribution in [0.5, 0.6) is 0 Å². The van der Waals surface area contributed by atoms with Crippen LogP contribution in [0.15, 0.2) is 40.5 Å². The van der Waals surface area contributed by atoms with E-state index in [1.54, 1.807) is 18.0 Å². The second kappa shape index (κ2) is 10.7. The molecule has 0 fully saturated rings. The van der Waals surface area contributed by atoms with Crippen molar-refractivity contribution in [2.45, 2.75) is 0 Å². The van der Waals surface area contributed by atoms with Gasteiger partial charge in [0.15, 0.2) is 0 Å². The molecule has 0 aliphatic heterocycles. The zero-order valence-corrected chi connectivity index (χ0v) is 13.5. The van der Waals surface area contributed by atoms with E-state index in [1.807, 2.05) is 0 Å². The highest BCUT2D eigenvalue weighted by Gasteiger charge is 2.14. The highest BCUT2D eigenvalue weighted by Crippen LogP contribution is 2.13. The Hall–Kier alpha value is -3.94. The third-order valence-electron chi connectivity index (χ3n) is 2.51. The molecule has 0 aromatic rings. The second-order valence-electron chi connectivity index (χ2n) is 3.98. The Morgan fingerprint density at radius 1 is 0.800 bits per heavy atom. The summed E-state index contributed by atoms with van der Waals surface area (Å²) in [6, 6.07) is 3.12. The fraction of sp³-hybridized carbons (Fsp3) is 0.188. The number of hydrogen-bond acceptors (Lipinski definition) is 8. The highest BCUT2D eigenvalue weighted by atomic mass is 16.5.